The second-order valence-electron chi connectivity index (χ2n) is 4.51. The number of ether oxygens (including phenoxy) is 3. The number of aromatic nitrogens is 2. The van der Waals surface area contributed by atoms with Gasteiger partial charge in [0.05, 0.1) is 27.5 Å². The van der Waals surface area contributed by atoms with Gasteiger partial charge >= 0.3 is 0 Å². The van der Waals surface area contributed by atoms with Crippen LogP contribution in [0.5, 0.6) is 17.2 Å². The predicted octanol–water partition coefficient (Wildman–Crippen LogP) is 2.01. The molecule has 1 heterocycles. The lowest BCUT2D eigenvalue weighted by molar-refractivity contribution is -0.116. The third-order valence-corrected chi connectivity index (χ3v) is 3.18. The molecule has 0 aliphatic carbocycles. The fraction of sp³-hybridized carbons (Fsp3) is 0.333. The molecular formula is C15H19N3O4. The first-order valence-corrected chi connectivity index (χ1v) is 6.76. The zero-order chi connectivity index (χ0) is 15.9. The van der Waals surface area contributed by atoms with Crippen molar-refractivity contribution in [3.8, 4) is 17.2 Å². The topological polar surface area (TPSA) is 85.5 Å². The van der Waals surface area contributed by atoms with Gasteiger partial charge in [0, 0.05) is 12.5 Å². The van der Waals surface area contributed by atoms with Gasteiger partial charge < -0.3 is 19.5 Å². The van der Waals surface area contributed by atoms with E-state index in [9.17, 15) is 4.79 Å². The van der Waals surface area contributed by atoms with Crippen LogP contribution >= 0.6 is 0 Å². The lowest BCUT2D eigenvalue weighted by Gasteiger charge is -2.15. The van der Waals surface area contributed by atoms with E-state index in [4.69, 9.17) is 14.2 Å². The molecule has 2 aromatic rings. The van der Waals surface area contributed by atoms with Crippen molar-refractivity contribution in [2.45, 2.75) is 12.8 Å². The van der Waals surface area contributed by atoms with E-state index in [1.54, 1.807) is 39.7 Å². The van der Waals surface area contributed by atoms with Gasteiger partial charge in [-0.25, -0.2) is 0 Å². The van der Waals surface area contributed by atoms with Crippen molar-refractivity contribution in [3.05, 3.63) is 30.0 Å². The van der Waals surface area contributed by atoms with Gasteiger partial charge in [0.25, 0.3) is 0 Å². The molecular weight excluding hydrogens is 286 g/mol. The number of anilines is 1. The lowest BCUT2D eigenvalue weighted by atomic mass is 10.1. The van der Waals surface area contributed by atoms with Crippen molar-refractivity contribution < 1.29 is 19.0 Å². The summed E-state index contributed by atoms with van der Waals surface area (Å²) in [6.45, 7) is 0. The summed E-state index contributed by atoms with van der Waals surface area (Å²) in [5, 5.41) is 9.18. The summed E-state index contributed by atoms with van der Waals surface area (Å²) in [6.07, 6.45) is 2.40. The van der Waals surface area contributed by atoms with Crippen LogP contribution in [-0.4, -0.2) is 37.4 Å². The van der Waals surface area contributed by atoms with E-state index in [1.165, 1.54) is 0 Å². The Kier molecular flexibility index (Phi) is 5.24. The van der Waals surface area contributed by atoms with Gasteiger partial charge in [-0.2, -0.15) is 5.10 Å². The van der Waals surface area contributed by atoms with Crippen molar-refractivity contribution in [1.82, 2.24) is 10.2 Å². The number of hydrogen-bond donors (Lipinski definition) is 2. The highest BCUT2D eigenvalue weighted by Crippen LogP contribution is 2.40. The third kappa shape index (κ3) is 3.49. The summed E-state index contributed by atoms with van der Waals surface area (Å²) in [5.41, 5.74) is 0.875. The summed E-state index contributed by atoms with van der Waals surface area (Å²) in [6, 6.07) is 5.35. The minimum absolute atomic E-state index is 0.110. The first-order chi connectivity index (χ1) is 10.7. The summed E-state index contributed by atoms with van der Waals surface area (Å²) in [7, 11) is 4.68. The molecule has 0 fully saturated rings. The predicted molar refractivity (Wildman–Crippen MR) is 81.6 cm³/mol. The SMILES string of the molecule is COc1ccc(CCC(=O)Nc2ccn[nH]2)c(OC)c1OC. The highest BCUT2D eigenvalue weighted by Gasteiger charge is 2.16. The minimum Gasteiger partial charge on any atom is -0.493 e. The molecule has 0 aliphatic rings. The van der Waals surface area contributed by atoms with Crippen molar-refractivity contribution in [2.75, 3.05) is 26.6 Å². The summed E-state index contributed by atoms with van der Waals surface area (Å²) in [4.78, 5) is 11.9. The lowest BCUT2D eigenvalue weighted by Crippen LogP contribution is -2.13. The molecule has 2 N–H and O–H groups in total. The Hall–Kier alpha value is -2.70. The Morgan fingerprint density at radius 2 is 1.91 bits per heavy atom. The fourth-order valence-electron chi connectivity index (χ4n) is 2.15. The van der Waals surface area contributed by atoms with Gasteiger partial charge in [-0.05, 0) is 18.1 Å². The van der Waals surface area contributed by atoms with Crippen LogP contribution in [0.3, 0.4) is 0 Å². The average molecular weight is 305 g/mol. The monoisotopic (exact) mass is 305 g/mol. The molecule has 0 radical (unpaired) electrons. The van der Waals surface area contributed by atoms with Crippen LogP contribution in [-0.2, 0) is 11.2 Å². The van der Waals surface area contributed by atoms with Gasteiger partial charge in [-0.1, -0.05) is 6.07 Å². The number of methoxy groups -OCH3 is 3. The van der Waals surface area contributed by atoms with Crippen LogP contribution in [0.4, 0.5) is 5.82 Å². The summed E-state index contributed by atoms with van der Waals surface area (Å²) in [5.74, 6) is 2.16. The number of aryl methyl sites for hydroxylation is 1. The Morgan fingerprint density at radius 3 is 2.50 bits per heavy atom. The molecule has 22 heavy (non-hydrogen) atoms. The molecule has 7 nitrogen and oxygen atoms in total. The van der Waals surface area contributed by atoms with Crippen molar-refractivity contribution in [3.63, 3.8) is 0 Å². The van der Waals surface area contributed by atoms with Gasteiger partial charge in [-0.3, -0.25) is 9.89 Å². The average Bonchev–Trinajstić information content (AvgIpc) is 3.04. The van der Waals surface area contributed by atoms with Crippen LogP contribution in [0.15, 0.2) is 24.4 Å². The number of carbonyl (C=O) groups is 1. The van der Waals surface area contributed by atoms with Crippen molar-refractivity contribution in [2.24, 2.45) is 0 Å². The molecule has 2 rings (SSSR count). The van der Waals surface area contributed by atoms with Gasteiger partial charge in [0.1, 0.15) is 5.82 Å². The van der Waals surface area contributed by atoms with E-state index in [0.717, 1.165) is 5.56 Å². The molecule has 1 aromatic carbocycles. The quantitative estimate of drug-likeness (QED) is 0.817. The van der Waals surface area contributed by atoms with Crippen LogP contribution in [0.2, 0.25) is 0 Å². The molecule has 1 amide bonds. The van der Waals surface area contributed by atoms with Crippen LogP contribution in [0.25, 0.3) is 0 Å². The number of nitrogens with zero attached hydrogens (tertiary/aromatic N) is 1. The Bertz CT molecular complexity index is 626. The highest BCUT2D eigenvalue weighted by atomic mass is 16.5. The number of hydrogen-bond acceptors (Lipinski definition) is 5. The molecule has 7 heteroatoms. The molecule has 0 bridgehead atoms. The maximum absolute atomic E-state index is 11.9. The molecule has 1 aromatic heterocycles. The molecule has 0 spiro atoms. The number of carbonyl (C=O) groups excluding carboxylic acids is 1. The zero-order valence-electron chi connectivity index (χ0n) is 12.8. The number of rotatable bonds is 7. The zero-order valence-corrected chi connectivity index (χ0v) is 12.8. The van der Waals surface area contributed by atoms with E-state index < -0.39 is 0 Å². The fourth-order valence-corrected chi connectivity index (χ4v) is 2.15. The summed E-state index contributed by atoms with van der Waals surface area (Å²) >= 11 is 0. The number of amides is 1. The number of nitrogens with one attached hydrogen (secondary N) is 2. The molecule has 0 saturated heterocycles. The molecule has 0 saturated carbocycles. The van der Waals surface area contributed by atoms with Gasteiger partial charge in [0.15, 0.2) is 11.5 Å². The second-order valence-corrected chi connectivity index (χ2v) is 4.51. The largest absolute Gasteiger partial charge is 0.493 e. The highest BCUT2D eigenvalue weighted by molar-refractivity contribution is 5.89. The van der Waals surface area contributed by atoms with E-state index in [2.05, 4.69) is 15.5 Å². The van der Waals surface area contributed by atoms with E-state index >= 15 is 0 Å². The van der Waals surface area contributed by atoms with E-state index in [1.807, 2.05) is 6.07 Å². The third-order valence-electron chi connectivity index (χ3n) is 3.18. The smallest absolute Gasteiger partial charge is 0.225 e. The Balaban J connectivity index is 2.07. The molecule has 118 valence electrons. The Labute approximate surface area is 128 Å². The van der Waals surface area contributed by atoms with Gasteiger partial charge in [-0.15, -0.1) is 0 Å². The maximum atomic E-state index is 11.9. The molecule has 0 unspecified atom stereocenters. The maximum Gasteiger partial charge on any atom is 0.225 e. The number of benzene rings is 1. The van der Waals surface area contributed by atoms with E-state index in [0.29, 0.717) is 35.9 Å². The van der Waals surface area contributed by atoms with Crippen LogP contribution in [0, 0.1) is 0 Å². The van der Waals surface area contributed by atoms with Gasteiger partial charge in [0.2, 0.25) is 11.7 Å². The number of H-pyrrole nitrogens is 1. The first-order valence-electron chi connectivity index (χ1n) is 6.76. The van der Waals surface area contributed by atoms with E-state index in [-0.39, 0.29) is 5.91 Å². The summed E-state index contributed by atoms with van der Waals surface area (Å²) < 4.78 is 16.0. The van der Waals surface area contributed by atoms with Crippen LogP contribution < -0.4 is 19.5 Å². The molecule has 0 atom stereocenters. The minimum atomic E-state index is -0.110. The second kappa shape index (κ2) is 7.35. The first kappa shape index (κ1) is 15.7. The standard InChI is InChI=1S/C15H19N3O4/c1-20-11-6-4-10(14(21-2)15(11)22-3)5-7-13(19)17-12-8-9-16-18-12/h4,6,8-9H,5,7H2,1-3H3,(H2,16,17,18,19). The Morgan fingerprint density at radius 1 is 1.14 bits per heavy atom. The van der Waals surface area contributed by atoms with Crippen molar-refractivity contribution in [1.29, 1.82) is 0 Å². The van der Waals surface area contributed by atoms with Crippen LogP contribution in [0.1, 0.15) is 12.0 Å². The van der Waals surface area contributed by atoms with Crippen molar-refractivity contribution >= 4 is 11.7 Å². The normalized spacial score (nSPS) is 10.1. The molecule has 0 aliphatic heterocycles. The number of aromatic amines is 1.